The van der Waals surface area contributed by atoms with Gasteiger partial charge < -0.3 is 25.3 Å². The SMILES string of the molecule is CC(C)(C)OC(=O)NCC(=O)OCO/C(=C1/C(=O)N(C(N)=O)c2cc(Cl)c(F)cc21)c1cccs1. The summed E-state index contributed by atoms with van der Waals surface area (Å²) in [6, 6.07) is 4.29. The molecule has 1 aromatic heterocycles. The van der Waals surface area contributed by atoms with Crippen LogP contribution in [-0.2, 0) is 23.8 Å². The molecule has 1 aliphatic rings. The fraction of sp³-hybridized carbons (Fsp3) is 0.273. The molecule has 0 atom stereocenters. The van der Waals surface area contributed by atoms with Gasteiger partial charge in [0.15, 0.2) is 5.76 Å². The molecule has 0 saturated carbocycles. The molecule has 0 saturated heterocycles. The second-order valence-electron chi connectivity index (χ2n) is 8.08. The summed E-state index contributed by atoms with van der Waals surface area (Å²) in [6.07, 6.45) is -0.808. The second-order valence-corrected chi connectivity index (χ2v) is 9.43. The van der Waals surface area contributed by atoms with Gasteiger partial charge in [-0.05, 0) is 44.4 Å². The molecule has 1 aliphatic heterocycles. The Morgan fingerprint density at radius 3 is 2.54 bits per heavy atom. The van der Waals surface area contributed by atoms with E-state index >= 15 is 0 Å². The van der Waals surface area contributed by atoms with E-state index in [1.807, 2.05) is 0 Å². The number of ether oxygens (including phenoxy) is 3. The number of benzene rings is 1. The fourth-order valence-electron chi connectivity index (χ4n) is 3.03. The van der Waals surface area contributed by atoms with Gasteiger partial charge >= 0.3 is 18.1 Å². The maximum Gasteiger partial charge on any atom is 0.408 e. The minimum absolute atomic E-state index is 0.0138. The molecule has 3 rings (SSSR count). The Morgan fingerprint density at radius 2 is 1.94 bits per heavy atom. The average molecular weight is 526 g/mol. The van der Waals surface area contributed by atoms with Crippen molar-refractivity contribution in [2.75, 3.05) is 18.2 Å². The van der Waals surface area contributed by atoms with Gasteiger partial charge in [0, 0.05) is 5.56 Å². The van der Waals surface area contributed by atoms with Crippen LogP contribution in [0.4, 0.5) is 19.7 Å². The van der Waals surface area contributed by atoms with Crippen LogP contribution in [0.2, 0.25) is 5.02 Å². The maximum atomic E-state index is 14.3. The quantitative estimate of drug-likeness (QED) is 0.253. The van der Waals surface area contributed by atoms with Crippen LogP contribution in [0.3, 0.4) is 0 Å². The first kappa shape index (κ1) is 26.0. The average Bonchev–Trinajstić information content (AvgIpc) is 3.36. The highest BCUT2D eigenvalue weighted by Gasteiger charge is 2.40. The third-order valence-corrected chi connectivity index (χ3v) is 5.52. The number of nitrogens with zero attached hydrogens (tertiary/aromatic N) is 1. The summed E-state index contributed by atoms with van der Waals surface area (Å²) in [6.45, 7) is 3.85. The van der Waals surface area contributed by atoms with Crippen LogP contribution in [0, 0.1) is 5.82 Å². The molecule has 0 radical (unpaired) electrons. The Morgan fingerprint density at radius 1 is 1.23 bits per heavy atom. The summed E-state index contributed by atoms with van der Waals surface area (Å²) in [7, 11) is 0. The number of rotatable bonds is 6. The first-order valence-corrected chi connectivity index (χ1v) is 11.3. The number of primary amides is 1. The van der Waals surface area contributed by atoms with E-state index in [-0.39, 0.29) is 27.6 Å². The zero-order valence-electron chi connectivity index (χ0n) is 18.8. The molecule has 0 fully saturated rings. The summed E-state index contributed by atoms with van der Waals surface area (Å²) in [4.78, 5) is 49.8. The van der Waals surface area contributed by atoms with Crippen LogP contribution in [0.15, 0.2) is 29.6 Å². The predicted molar refractivity (Wildman–Crippen MR) is 126 cm³/mol. The number of fused-ring (bicyclic) bond motifs is 1. The van der Waals surface area contributed by atoms with Gasteiger partial charge in [0.2, 0.25) is 6.79 Å². The predicted octanol–water partition coefficient (Wildman–Crippen LogP) is 3.88. The fourth-order valence-corrected chi connectivity index (χ4v) is 3.92. The molecular formula is C22H21ClFN3O7S. The highest BCUT2D eigenvalue weighted by atomic mass is 35.5. The van der Waals surface area contributed by atoms with Gasteiger partial charge in [-0.3, -0.25) is 9.59 Å². The van der Waals surface area contributed by atoms with Gasteiger partial charge in [-0.25, -0.2) is 18.9 Å². The third kappa shape index (κ3) is 6.08. The number of amides is 4. The number of esters is 1. The zero-order valence-corrected chi connectivity index (χ0v) is 20.4. The van der Waals surface area contributed by atoms with Gasteiger partial charge in [0.25, 0.3) is 5.91 Å². The van der Waals surface area contributed by atoms with Gasteiger partial charge in [0.05, 0.1) is 21.2 Å². The molecule has 0 bridgehead atoms. The highest BCUT2D eigenvalue weighted by molar-refractivity contribution is 7.11. The first-order chi connectivity index (χ1) is 16.4. The lowest BCUT2D eigenvalue weighted by molar-refractivity contribution is -0.150. The van der Waals surface area contributed by atoms with E-state index in [9.17, 15) is 23.6 Å². The van der Waals surface area contributed by atoms with Crippen molar-refractivity contribution >= 4 is 64.0 Å². The number of anilines is 1. The first-order valence-electron chi connectivity index (χ1n) is 10.1. The maximum absolute atomic E-state index is 14.3. The van der Waals surface area contributed by atoms with E-state index in [0.717, 1.165) is 12.1 Å². The Bertz CT molecular complexity index is 1210. The Labute approximate surface area is 208 Å². The number of carbonyl (C=O) groups is 4. The number of nitrogens with one attached hydrogen (secondary N) is 1. The Balaban J connectivity index is 1.83. The number of thiophene rings is 1. The molecular weight excluding hydrogens is 505 g/mol. The number of hydrogen-bond acceptors (Lipinski definition) is 8. The van der Waals surface area contributed by atoms with Crippen molar-refractivity contribution in [3.05, 3.63) is 50.9 Å². The third-order valence-electron chi connectivity index (χ3n) is 4.36. The molecule has 0 unspecified atom stereocenters. The Hall–Kier alpha value is -3.64. The van der Waals surface area contributed by atoms with E-state index in [1.54, 1.807) is 38.3 Å². The minimum Gasteiger partial charge on any atom is -0.455 e. The standard InChI is InChI=1S/C22H21ClFN3O7S/c1-22(2,3)34-21(31)26-9-16(28)32-10-33-18(15-5-4-6-35-15)17-11-7-13(24)12(23)8-14(11)27(19(17)29)20(25)30/h4-8H,9-10H2,1-3H3,(H2,25,30)(H,26,31)/b18-17+. The van der Waals surface area contributed by atoms with E-state index in [2.05, 4.69) is 5.32 Å². The van der Waals surface area contributed by atoms with Gasteiger partial charge in [-0.2, -0.15) is 0 Å². The molecule has 0 aliphatic carbocycles. The molecule has 0 spiro atoms. The monoisotopic (exact) mass is 525 g/mol. The van der Waals surface area contributed by atoms with E-state index in [1.165, 1.54) is 11.3 Å². The number of hydrogen-bond donors (Lipinski definition) is 2. The van der Waals surface area contributed by atoms with Gasteiger partial charge in [-0.1, -0.05) is 17.7 Å². The molecule has 1 aromatic carbocycles. The van der Waals surface area contributed by atoms with E-state index < -0.39 is 48.8 Å². The Kier molecular flexibility index (Phi) is 7.66. The molecule has 10 nitrogen and oxygen atoms in total. The summed E-state index contributed by atoms with van der Waals surface area (Å²) < 4.78 is 29.9. The molecule has 186 valence electrons. The summed E-state index contributed by atoms with van der Waals surface area (Å²) in [5.74, 6) is -2.60. The van der Waals surface area contributed by atoms with Crippen LogP contribution in [-0.4, -0.2) is 42.9 Å². The highest BCUT2D eigenvalue weighted by Crippen LogP contribution is 2.43. The van der Waals surface area contributed by atoms with Crippen molar-refractivity contribution in [3.63, 3.8) is 0 Å². The number of imide groups is 1. The molecule has 3 N–H and O–H groups in total. The number of urea groups is 1. The normalized spacial score (nSPS) is 14.3. The van der Waals surface area contributed by atoms with Gasteiger partial charge in [-0.15, -0.1) is 11.3 Å². The van der Waals surface area contributed by atoms with Crippen molar-refractivity contribution in [1.82, 2.24) is 5.32 Å². The molecule has 13 heteroatoms. The molecule has 4 amide bonds. The van der Waals surface area contributed by atoms with Crippen molar-refractivity contribution in [2.24, 2.45) is 5.73 Å². The largest absolute Gasteiger partial charge is 0.455 e. The molecule has 2 aromatic rings. The lowest BCUT2D eigenvalue weighted by Gasteiger charge is -2.19. The van der Waals surface area contributed by atoms with Crippen LogP contribution < -0.4 is 16.0 Å². The molecule has 2 heterocycles. The smallest absolute Gasteiger partial charge is 0.408 e. The number of nitrogens with two attached hydrogens (primary N) is 1. The zero-order chi connectivity index (χ0) is 25.9. The summed E-state index contributed by atoms with van der Waals surface area (Å²) >= 11 is 7.02. The van der Waals surface area contributed by atoms with E-state index in [0.29, 0.717) is 9.78 Å². The van der Waals surface area contributed by atoms with Crippen molar-refractivity contribution in [3.8, 4) is 0 Å². The number of alkyl carbamates (subject to hydrolysis) is 1. The van der Waals surface area contributed by atoms with Crippen LogP contribution in [0.1, 0.15) is 31.2 Å². The van der Waals surface area contributed by atoms with E-state index in [4.69, 9.17) is 31.5 Å². The number of carbonyl (C=O) groups excluding carboxylic acids is 4. The minimum atomic E-state index is -1.10. The van der Waals surface area contributed by atoms with Crippen LogP contribution in [0.25, 0.3) is 11.3 Å². The summed E-state index contributed by atoms with van der Waals surface area (Å²) in [5.41, 5.74) is 4.46. The lowest BCUT2D eigenvalue weighted by Crippen LogP contribution is -2.38. The van der Waals surface area contributed by atoms with Crippen LogP contribution >= 0.6 is 22.9 Å². The topological polar surface area (TPSA) is 137 Å². The second kappa shape index (κ2) is 10.3. The number of halogens is 2. The van der Waals surface area contributed by atoms with Gasteiger partial charge in [0.1, 0.15) is 18.0 Å². The van der Waals surface area contributed by atoms with Crippen LogP contribution in [0.5, 0.6) is 0 Å². The van der Waals surface area contributed by atoms with Crippen molar-refractivity contribution in [1.29, 1.82) is 0 Å². The summed E-state index contributed by atoms with van der Waals surface area (Å²) in [5, 5.41) is 3.63. The molecule has 35 heavy (non-hydrogen) atoms. The lowest BCUT2D eigenvalue weighted by atomic mass is 10.0. The van der Waals surface area contributed by atoms with Crippen molar-refractivity contribution < 1.29 is 37.8 Å². The van der Waals surface area contributed by atoms with Crippen molar-refractivity contribution in [2.45, 2.75) is 26.4 Å².